The number of carbonyl (C=O) groups is 2. The molecule has 0 radical (unpaired) electrons. The van der Waals surface area contributed by atoms with Crippen molar-refractivity contribution in [1.82, 2.24) is 4.90 Å². The van der Waals surface area contributed by atoms with Gasteiger partial charge in [0.1, 0.15) is 5.92 Å². The third-order valence-electron chi connectivity index (χ3n) is 4.35. The van der Waals surface area contributed by atoms with Crippen molar-refractivity contribution in [1.29, 1.82) is 0 Å². The molecule has 1 amide bonds. The van der Waals surface area contributed by atoms with Crippen LogP contribution in [0.15, 0.2) is 0 Å². The van der Waals surface area contributed by atoms with Crippen molar-refractivity contribution in [2.75, 3.05) is 20.3 Å². The molecular weight excluding hydrogens is 248 g/mol. The zero-order chi connectivity index (χ0) is 14.0. The molecule has 2 rings (SSSR count). The van der Waals surface area contributed by atoms with Crippen LogP contribution in [0.5, 0.6) is 0 Å². The van der Waals surface area contributed by atoms with Gasteiger partial charge in [-0.1, -0.05) is 12.8 Å². The van der Waals surface area contributed by atoms with Crippen LogP contribution in [0.1, 0.15) is 25.7 Å². The zero-order valence-electron chi connectivity index (χ0n) is 11.2. The first kappa shape index (κ1) is 14.3. The van der Waals surface area contributed by atoms with E-state index < -0.39 is 11.9 Å². The molecule has 0 spiro atoms. The van der Waals surface area contributed by atoms with Crippen LogP contribution in [-0.2, 0) is 14.3 Å². The molecular formula is C13H22N2O4. The van der Waals surface area contributed by atoms with Gasteiger partial charge in [-0.25, -0.2) is 0 Å². The number of nitrogens with two attached hydrogens (primary N) is 1. The topological polar surface area (TPSA) is 92.9 Å². The molecule has 3 N–H and O–H groups in total. The molecule has 2 fully saturated rings. The molecule has 0 aromatic rings. The summed E-state index contributed by atoms with van der Waals surface area (Å²) in [5.74, 6) is -1.74. The Hall–Kier alpha value is -1.14. The first-order chi connectivity index (χ1) is 9.02. The van der Waals surface area contributed by atoms with E-state index >= 15 is 0 Å². The Bertz CT molecular complexity index is 361. The molecule has 4 atom stereocenters. The number of hydrogen-bond donors (Lipinski definition) is 2. The first-order valence-corrected chi connectivity index (χ1v) is 6.85. The monoisotopic (exact) mass is 270 g/mol. The Kier molecular flexibility index (Phi) is 4.42. The van der Waals surface area contributed by atoms with E-state index in [1.54, 1.807) is 11.9 Å². The maximum atomic E-state index is 12.5. The van der Waals surface area contributed by atoms with Crippen molar-refractivity contribution in [3.05, 3.63) is 0 Å². The van der Waals surface area contributed by atoms with Crippen LogP contribution >= 0.6 is 0 Å². The Labute approximate surface area is 112 Å². The standard InChI is InChI=1S/C13H22N2O4/c1-15(11-7-19-6-9(11)13(17)18)12(16)8-4-2-3-5-10(8)14/h8-11H,2-7,14H2,1H3,(H,17,18). The fourth-order valence-electron chi connectivity index (χ4n) is 3.05. The summed E-state index contributed by atoms with van der Waals surface area (Å²) in [6.07, 6.45) is 3.75. The lowest BCUT2D eigenvalue weighted by molar-refractivity contribution is -0.145. The summed E-state index contributed by atoms with van der Waals surface area (Å²) in [7, 11) is 1.67. The van der Waals surface area contributed by atoms with Crippen molar-refractivity contribution < 1.29 is 19.4 Å². The fourth-order valence-corrected chi connectivity index (χ4v) is 3.05. The average molecular weight is 270 g/mol. The van der Waals surface area contributed by atoms with Gasteiger partial charge < -0.3 is 20.5 Å². The Morgan fingerprint density at radius 1 is 1.21 bits per heavy atom. The van der Waals surface area contributed by atoms with E-state index in [2.05, 4.69) is 0 Å². The summed E-state index contributed by atoms with van der Waals surface area (Å²) in [6, 6.07) is -0.478. The van der Waals surface area contributed by atoms with Gasteiger partial charge in [0.05, 0.1) is 25.2 Å². The van der Waals surface area contributed by atoms with E-state index in [1.807, 2.05) is 0 Å². The number of carboxylic acids is 1. The van der Waals surface area contributed by atoms with E-state index in [-0.39, 0.29) is 30.5 Å². The lowest BCUT2D eigenvalue weighted by atomic mass is 9.83. The van der Waals surface area contributed by atoms with Crippen molar-refractivity contribution >= 4 is 11.9 Å². The van der Waals surface area contributed by atoms with Gasteiger partial charge in [-0.05, 0) is 12.8 Å². The summed E-state index contributed by atoms with van der Waals surface area (Å²) in [6.45, 7) is 0.468. The number of carbonyl (C=O) groups excluding carboxylic acids is 1. The van der Waals surface area contributed by atoms with Gasteiger partial charge in [0.2, 0.25) is 5.91 Å². The SMILES string of the molecule is CN(C(=O)C1CCCCC1N)C1COCC1C(=O)O. The van der Waals surface area contributed by atoms with Gasteiger partial charge in [0.15, 0.2) is 0 Å². The highest BCUT2D eigenvalue weighted by Crippen LogP contribution is 2.27. The van der Waals surface area contributed by atoms with Gasteiger partial charge in [-0.2, -0.15) is 0 Å². The zero-order valence-corrected chi connectivity index (χ0v) is 11.2. The number of nitrogens with zero attached hydrogens (tertiary/aromatic N) is 1. The summed E-state index contributed by atoms with van der Waals surface area (Å²) in [4.78, 5) is 25.1. The van der Waals surface area contributed by atoms with Crippen molar-refractivity contribution in [2.24, 2.45) is 17.6 Å². The van der Waals surface area contributed by atoms with Crippen molar-refractivity contribution in [3.8, 4) is 0 Å². The van der Waals surface area contributed by atoms with Crippen LogP contribution in [0.2, 0.25) is 0 Å². The third-order valence-corrected chi connectivity index (χ3v) is 4.35. The molecule has 0 bridgehead atoms. The van der Waals surface area contributed by atoms with E-state index in [1.165, 1.54) is 0 Å². The number of likely N-dealkylation sites (N-methyl/N-ethyl adjacent to an activating group) is 1. The van der Waals surface area contributed by atoms with Gasteiger partial charge in [0, 0.05) is 13.1 Å². The second kappa shape index (κ2) is 5.88. The summed E-state index contributed by atoms with van der Waals surface area (Å²) >= 11 is 0. The molecule has 1 heterocycles. The largest absolute Gasteiger partial charge is 0.481 e. The molecule has 6 nitrogen and oxygen atoms in total. The van der Waals surface area contributed by atoms with E-state index in [9.17, 15) is 9.59 Å². The van der Waals surface area contributed by atoms with Crippen LogP contribution < -0.4 is 5.73 Å². The van der Waals surface area contributed by atoms with Crippen LogP contribution in [0.25, 0.3) is 0 Å². The second-order valence-corrected chi connectivity index (χ2v) is 5.55. The maximum Gasteiger partial charge on any atom is 0.311 e. The predicted octanol–water partition coefficient (Wildman–Crippen LogP) is 0.0619. The molecule has 1 aliphatic heterocycles. The van der Waals surface area contributed by atoms with E-state index in [4.69, 9.17) is 15.6 Å². The van der Waals surface area contributed by atoms with Crippen LogP contribution in [0.4, 0.5) is 0 Å². The number of amides is 1. The molecule has 0 aromatic carbocycles. The molecule has 0 aromatic heterocycles. The first-order valence-electron chi connectivity index (χ1n) is 6.85. The van der Waals surface area contributed by atoms with E-state index in [0.717, 1.165) is 25.7 Å². The number of ether oxygens (including phenoxy) is 1. The molecule has 1 saturated carbocycles. The van der Waals surface area contributed by atoms with Crippen LogP contribution in [0, 0.1) is 11.8 Å². The highest BCUT2D eigenvalue weighted by atomic mass is 16.5. The second-order valence-electron chi connectivity index (χ2n) is 5.55. The van der Waals surface area contributed by atoms with Gasteiger partial charge in [-0.15, -0.1) is 0 Å². The Morgan fingerprint density at radius 3 is 2.53 bits per heavy atom. The lowest BCUT2D eigenvalue weighted by Crippen LogP contribution is -2.50. The molecule has 108 valence electrons. The Balaban J connectivity index is 2.03. The molecule has 19 heavy (non-hydrogen) atoms. The molecule has 6 heteroatoms. The molecule has 4 unspecified atom stereocenters. The highest BCUT2D eigenvalue weighted by molar-refractivity contribution is 5.81. The lowest BCUT2D eigenvalue weighted by Gasteiger charge is -2.34. The van der Waals surface area contributed by atoms with Gasteiger partial charge in [-0.3, -0.25) is 9.59 Å². The fraction of sp³-hybridized carbons (Fsp3) is 0.846. The van der Waals surface area contributed by atoms with Crippen LogP contribution in [0.3, 0.4) is 0 Å². The van der Waals surface area contributed by atoms with Crippen LogP contribution in [-0.4, -0.2) is 54.2 Å². The van der Waals surface area contributed by atoms with Crippen molar-refractivity contribution in [2.45, 2.75) is 37.8 Å². The minimum absolute atomic E-state index is 0.0334. The third kappa shape index (κ3) is 2.90. The minimum Gasteiger partial charge on any atom is -0.481 e. The minimum atomic E-state index is -0.907. The number of rotatable bonds is 3. The number of aliphatic carboxylic acids is 1. The molecule has 2 aliphatic rings. The normalized spacial score (nSPS) is 35.1. The Morgan fingerprint density at radius 2 is 1.89 bits per heavy atom. The number of hydrogen-bond acceptors (Lipinski definition) is 4. The molecule has 1 aliphatic carbocycles. The summed E-state index contributed by atoms with van der Waals surface area (Å²) < 4.78 is 5.21. The molecule has 1 saturated heterocycles. The number of carboxylic acid groups (broad SMARTS) is 1. The quantitative estimate of drug-likeness (QED) is 0.756. The summed E-state index contributed by atoms with van der Waals surface area (Å²) in [5, 5.41) is 9.13. The van der Waals surface area contributed by atoms with Gasteiger partial charge >= 0.3 is 5.97 Å². The predicted molar refractivity (Wildman–Crippen MR) is 68.4 cm³/mol. The summed E-state index contributed by atoms with van der Waals surface area (Å²) in [5.41, 5.74) is 6.02. The average Bonchev–Trinajstić information content (AvgIpc) is 2.87. The van der Waals surface area contributed by atoms with Gasteiger partial charge in [0.25, 0.3) is 0 Å². The highest BCUT2D eigenvalue weighted by Gasteiger charge is 2.41. The van der Waals surface area contributed by atoms with Crippen molar-refractivity contribution in [3.63, 3.8) is 0 Å². The maximum absolute atomic E-state index is 12.5. The smallest absolute Gasteiger partial charge is 0.311 e. The van der Waals surface area contributed by atoms with E-state index in [0.29, 0.717) is 6.61 Å².